The van der Waals surface area contributed by atoms with Crippen LogP contribution in [-0.4, -0.2) is 46.2 Å². The van der Waals surface area contributed by atoms with Crippen LogP contribution in [0, 0.1) is 5.92 Å². The molecule has 0 spiro atoms. The van der Waals surface area contributed by atoms with Gasteiger partial charge in [0.2, 0.25) is 5.91 Å². The minimum absolute atomic E-state index is 0.0424. The predicted molar refractivity (Wildman–Crippen MR) is 110 cm³/mol. The average molecular weight is 456 g/mol. The number of nitrogen functional groups attached to an aromatic ring is 1. The number of Topliss-reactive ketones (excluding diaryl/α,β-unsaturated/α-hetero) is 1. The van der Waals surface area contributed by atoms with E-state index in [2.05, 4.69) is 15.3 Å². The van der Waals surface area contributed by atoms with Gasteiger partial charge in [0.15, 0.2) is 5.78 Å². The Morgan fingerprint density at radius 2 is 1.94 bits per heavy atom. The number of halogens is 4. The maximum atomic E-state index is 12.8. The second kappa shape index (κ2) is 9.51. The van der Waals surface area contributed by atoms with E-state index in [1.807, 2.05) is 0 Å². The third-order valence-corrected chi connectivity index (χ3v) is 5.53. The minimum atomic E-state index is -4.44. The first-order valence-electron chi connectivity index (χ1n) is 9.63. The van der Waals surface area contributed by atoms with Crippen molar-refractivity contribution in [3.05, 3.63) is 46.9 Å². The molecule has 2 aromatic rings. The summed E-state index contributed by atoms with van der Waals surface area (Å²) in [4.78, 5) is 34.1. The van der Waals surface area contributed by atoms with Crippen molar-refractivity contribution in [1.82, 2.24) is 14.9 Å². The number of carbonyl (C=O) groups excluding carboxylic acids is 2. The molecule has 3 rings (SSSR count). The lowest BCUT2D eigenvalue weighted by Crippen LogP contribution is -2.41. The smallest absolute Gasteiger partial charge is 0.382 e. The zero-order valence-corrected chi connectivity index (χ0v) is 17.2. The van der Waals surface area contributed by atoms with Crippen molar-refractivity contribution < 1.29 is 22.8 Å². The van der Waals surface area contributed by atoms with Gasteiger partial charge in [-0.2, -0.15) is 13.2 Å². The van der Waals surface area contributed by atoms with E-state index in [0.29, 0.717) is 25.9 Å². The molecule has 1 fully saturated rings. The molecule has 7 nitrogen and oxygen atoms in total. The number of anilines is 2. The molecule has 1 aliphatic rings. The van der Waals surface area contributed by atoms with Crippen molar-refractivity contribution in [2.45, 2.75) is 25.4 Å². The normalized spacial score (nSPS) is 15.0. The lowest BCUT2D eigenvalue weighted by molar-refractivity contribution is -0.137. The Labute approximate surface area is 181 Å². The molecule has 0 atom stereocenters. The van der Waals surface area contributed by atoms with Crippen LogP contribution in [0.4, 0.5) is 24.7 Å². The van der Waals surface area contributed by atoms with Crippen LogP contribution in [-0.2, 0) is 11.0 Å². The first-order valence-corrected chi connectivity index (χ1v) is 10.0. The molecule has 1 amide bonds. The number of nitrogens with zero attached hydrogens (tertiary/aromatic N) is 3. The van der Waals surface area contributed by atoms with Gasteiger partial charge in [-0.25, -0.2) is 9.97 Å². The minimum Gasteiger partial charge on any atom is -0.382 e. The highest BCUT2D eigenvalue weighted by Crippen LogP contribution is 2.30. The summed E-state index contributed by atoms with van der Waals surface area (Å²) in [5, 5.41) is 2.79. The largest absolute Gasteiger partial charge is 0.416 e. The van der Waals surface area contributed by atoms with Crippen LogP contribution >= 0.6 is 11.6 Å². The van der Waals surface area contributed by atoms with E-state index in [4.69, 9.17) is 17.3 Å². The lowest BCUT2D eigenvalue weighted by atomic mass is 9.91. The van der Waals surface area contributed by atoms with Crippen LogP contribution in [0.15, 0.2) is 30.6 Å². The summed E-state index contributed by atoms with van der Waals surface area (Å²) in [6.07, 6.45) is -1.77. The fourth-order valence-corrected chi connectivity index (χ4v) is 3.62. The monoisotopic (exact) mass is 455 g/mol. The van der Waals surface area contributed by atoms with Crippen molar-refractivity contribution in [3.63, 3.8) is 0 Å². The summed E-state index contributed by atoms with van der Waals surface area (Å²) in [5.41, 5.74) is 5.15. The number of carbonyl (C=O) groups is 2. The molecule has 1 saturated heterocycles. The van der Waals surface area contributed by atoms with Crippen LogP contribution in [0.1, 0.15) is 35.3 Å². The quantitative estimate of drug-likeness (QED) is 0.645. The molecule has 3 N–H and O–H groups in total. The van der Waals surface area contributed by atoms with E-state index in [-0.39, 0.29) is 52.8 Å². The fourth-order valence-electron chi connectivity index (χ4n) is 3.42. The number of alkyl halides is 3. The highest BCUT2D eigenvalue weighted by Gasteiger charge is 2.30. The molecule has 1 aliphatic heterocycles. The van der Waals surface area contributed by atoms with Crippen LogP contribution < -0.4 is 11.1 Å². The average Bonchev–Trinajstić information content (AvgIpc) is 2.74. The molecule has 11 heteroatoms. The molecule has 0 radical (unpaired) electrons. The summed E-state index contributed by atoms with van der Waals surface area (Å²) in [6, 6.07) is 4.71. The van der Waals surface area contributed by atoms with E-state index >= 15 is 0 Å². The van der Waals surface area contributed by atoms with Gasteiger partial charge >= 0.3 is 6.18 Å². The van der Waals surface area contributed by atoms with Crippen molar-refractivity contribution in [2.75, 3.05) is 30.7 Å². The number of aromatic nitrogens is 2. The Kier molecular flexibility index (Phi) is 6.99. The molecule has 31 heavy (non-hydrogen) atoms. The zero-order chi connectivity index (χ0) is 22.6. The molecule has 2 heterocycles. The second-order valence-corrected chi connectivity index (χ2v) is 7.68. The molecular formula is C20H21ClF3N5O2. The number of rotatable bonds is 6. The molecule has 1 aromatic carbocycles. The molecule has 0 saturated carbocycles. The van der Waals surface area contributed by atoms with Gasteiger partial charge in [0.05, 0.1) is 12.1 Å². The van der Waals surface area contributed by atoms with Crippen molar-refractivity contribution in [1.29, 1.82) is 0 Å². The molecule has 0 unspecified atom stereocenters. The summed E-state index contributed by atoms with van der Waals surface area (Å²) in [7, 11) is 0. The van der Waals surface area contributed by atoms with Crippen LogP contribution in [0.2, 0.25) is 5.02 Å². The van der Waals surface area contributed by atoms with E-state index in [0.717, 1.165) is 12.1 Å². The summed E-state index contributed by atoms with van der Waals surface area (Å²) < 4.78 is 38.4. The topological polar surface area (TPSA) is 101 Å². The van der Waals surface area contributed by atoms with E-state index in [9.17, 15) is 22.8 Å². The first kappa shape index (κ1) is 22.8. The third kappa shape index (κ3) is 5.84. The maximum absolute atomic E-state index is 12.8. The SMILES string of the molecule is Nc1ncnc(C(=O)CC2CCN(C(=O)CNc3cccc(C(F)(F)F)c3)CC2)c1Cl. The van der Waals surface area contributed by atoms with Gasteiger partial charge in [0, 0.05) is 25.2 Å². The standard InChI is InChI=1S/C20H21ClF3N5O2/c21-17-18(27-11-28-19(17)25)15(30)8-12-4-6-29(7-5-12)16(31)10-26-14-3-1-2-13(9-14)20(22,23)24/h1-3,9,11-12,26H,4-8,10H2,(H2,25,27,28). The first-order chi connectivity index (χ1) is 14.6. The van der Waals surface area contributed by atoms with Gasteiger partial charge in [-0.1, -0.05) is 17.7 Å². The summed E-state index contributed by atoms with van der Waals surface area (Å²) >= 11 is 6.00. The van der Waals surface area contributed by atoms with Gasteiger partial charge in [-0.15, -0.1) is 0 Å². The number of piperidine rings is 1. The zero-order valence-electron chi connectivity index (χ0n) is 16.5. The van der Waals surface area contributed by atoms with Gasteiger partial charge in [-0.3, -0.25) is 9.59 Å². The van der Waals surface area contributed by atoms with Gasteiger partial charge in [-0.05, 0) is 37.0 Å². The number of hydrogen-bond donors (Lipinski definition) is 2. The molecule has 1 aromatic heterocycles. The Morgan fingerprint density at radius 3 is 2.61 bits per heavy atom. The number of likely N-dealkylation sites (tertiary alicyclic amines) is 1. The van der Waals surface area contributed by atoms with Crippen LogP contribution in [0.25, 0.3) is 0 Å². The highest BCUT2D eigenvalue weighted by molar-refractivity contribution is 6.35. The van der Waals surface area contributed by atoms with Crippen molar-refractivity contribution in [2.24, 2.45) is 5.92 Å². The van der Waals surface area contributed by atoms with E-state index < -0.39 is 11.7 Å². The van der Waals surface area contributed by atoms with Gasteiger partial charge in [0.1, 0.15) is 22.9 Å². The summed E-state index contributed by atoms with van der Waals surface area (Å²) in [6.45, 7) is 0.808. The number of hydrogen-bond acceptors (Lipinski definition) is 6. The highest BCUT2D eigenvalue weighted by atomic mass is 35.5. The number of ketones is 1. The van der Waals surface area contributed by atoms with Crippen molar-refractivity contribution in [3.8, 4) is 0 Å². The lowest BCUT2D eigenvalue weighted by Gasteiger charge is -2.32. The molecule has 166 valence electrons. The Hall–Kier alpha value is -2.88. The van der Waals surface area contributed by atoms with Crippen LogP contribution in [0.3, 0.4) is 0 Å². The molecule has 0 bridgehead atoms. The third-order valence-electron chi connectivity index (χ3n) is 5.16. The number of amides is 1. The van der Waals surface area contributed by atoms with Crippen molar-refractivity contribution >= 4 is 34.8 Å². The number of nitrogens with two attached hydrogens (primary N) is 1. The van der Waals surface area contributed by atoms with Crippen LogP contribution in [0.5, 0.6) is 0 Å². The molecular weight excluding hydrogens is 435 g/mol. The molecule has 0 aliphatic carbocycles. The van der Waals surface area contributed by atoms with E-state index in [1.165, 1.54) is 18.5 Å². The number of nitrogens with one attached hydrogen (secondary N) is 1. The Balaban J connectivity index is 1.48. The Morgan fingerprint density at radius 1 is 1.23 bits per heavy atom. The second-order valence-electron chi connectivity index (χ2n) is 7.31. The number of benzene rings is 1. The van der Waals surface area contributed by atoms with E-state index in [1.54, 1.807) is 4.90 Å². The van der Waals surface area contributed by atoms with Gasteiger partial charge in [0.25, 0.3) is 0 Å². The Bertz CT molecular complexity index is 962. The fraction of sp³-hybridized carbons (Fsp3) is 0.400. The summed E-state index contributed by atoms with van der Waals surface area (Å²) in [5.74, 6) is -0.321. The predicted octanol–water partition coefficient (Wildman–Crippen LogP) is 3.65. The van der Waals surface area contributed by atoms with Gasteiger partial charge < -0.3 is 16.0 Å². The maximum Gasteiger partial charge on any atom is 0.416 e.